The average Bonchev–Trinajstić information content (AvgIpc) is 3.08. The molecule has 26 heavy (non-hydrogen) atoms. The lowest BCUT2D eigenvalue weighted by atomic mass is 10.2. The summed E-state index contributed by atoms with van der Waals surface area (Å²) in [5.41, 5.74) is 0.455. The first-order chi connectivity index (χ1) is 12.5. The number of rotatable bonds is 6. The summed E-state index contributed by atoms with van der Waals surface area (Å²) in [6, 6.07) is 8.32. The van der Waals surface area contributed by atoms with Crippen LogP contribution in [0.2, 0.25) is 0 Å². The van der Waals surface area contributed by atoms with E-state index in [-0.39, 0.29) is 11.5 Å². The Labute approximate surface area is 155 Å². The van der Waals surface area contributed by atoms with E-state index >= 15 is 0 Å². The number of carbonyl (C=O) groups excluding carboxylic acids is 1. The van der Waals surface area contributed by atoms with E-state index in [1.165, 1.54) is 22.2 Å². The molecule has 0 radical (unpaired) electrons. The van der Waals surface area contributed by atoms with E-state index < -0.39 is 6.04 Å². The molecule has 2 aromatic heterocycles. The smallest absolute Gasteiger partial charge is 0.262 e. The Bertz CT molecular complexity index is 976. The predicted octanol–water partition coefficient (Wildman–Crippen LogP) is 3.62. The van der Waals surface area contributed by atoms with Gasteiger partial charge in [-0.15, -0.1) is 11.3 Å². The number of benzene rings is 1. The second-order valence-corrected chi connectivity index (χ2v) is 6.98. The lowest BCUT2D eigenvalue weighted by Crippen LogP contribution is -2.31. The number of hydrogen-bond donors (Lipinski definition) is 1. The number of anilines is 1. The molecule has 0 spiro atoms. The van der Waals surface area contributed by atoms with Gasteiger partial charge in [-0.05, 0) is 50.6 Å². The highest BCUT2D eigenvalue weighted by Crippen LogP contribution is 2.22. The second kappa shape index (κ2) is 7.70. The lowest BCUT2D eigenvalue weighted by Gasteiger charge is -2.15. The first-order valence-electron chi connectivity index (χ1n) is 8.56. The Balaban J connectivity index is 1.80. The lowest BCUT2D eigenvalue weighted by molar-refractivity contribution is -0.118. The molecule has 1 atom stereocenters. The van der Waals surface area contributed by atoms with Crippen molar-refractivity contribution in [3.63, 3.8) is 0 Å². The molecule has 1 amide bonds. The van der Waals surface area contributed by atoms with Gasteiger partial charge in [-0.3, -0.25) is 14.2 Å². The highest BCUT2D eigenvalue weighted by atomic mass is 32.1. The van der Waals surface area contributed by atoms with Crippen molar-refractivity contribution in [2.45, 2.75) is 33.2 Å². The predicted molar refractivity (Wildman–Crippen MR) is 104 cm³/mol. The summed E-state index contributed by atoms with van der Waals surface area (Å²) in [5.74, 6) is 0.469. The molecule has 2 heterocycles. The Morgan fingerprint density at radius 1 is 1.31 bits per heavy atom. The highest BCUT2D eigenvalue weighted by Gasteiger charge is 2.18. The molecule has 6 nitrogen and oxygen atoms in total. The third kappa shape index (κ3) is 3.62. The van der Waals surface area contributed by atoms with E-state index in [2.05, 4.69) is 10.3 Å². The fraction of sp³-hybridized carbons (Fsp3) is 0.316. The average molecular weight is 371 g/mol. The van der Waals surface area contributed by atoms with E-state index in [9.17, 15) is 9.59 Å². The molecular formula is C19H21N3O3S. The third-order valence-electron chi connectivity index (χ3n) is 4.11. The van der Waals surface area contributed by atoms with E-state index in [1.807, 2.05) is 19.9 Å². The Hall–Kier alpha value is -2.67. The molecule has 0 aliphatic carbocycles. The maximum Gasteiger partial charge on any atom is 0.262 e. The molecule has 0 saturated heterocycles. The van der Waals surface area contributed by atoms with Crippen molar-refractivity contribution in [1.29, 1.82) is 0 Å². The molecule has 1 unspecified atom stereocenters. The Kier molecular flexibility index (Phi) is 5.37. The highest BCUT2D eigenvalue weighted by molar-refractivity contribution is 7.18. The largest absolute Gasteiger partial charge is 0.494 e. The maximum atomic E-state index is 12.7. The van der Waals surface area contributed by atoms with Crippen LogP contribution in [0, 0.1) is 0 Å². The van der Waals surface area contributed by atoms with Crippen molar-refractivity contribution in [2.24, 2.45) is 0 Å². The van der Waals surface area contributed by atoms with E-state index in [0.717, 1.165) is 17.0 Å². The van der Waals surface area contributed by atoms with Crippen molar-refractivity contribution in [3.05, 3.63) is 51.9 Å². The van der Waals surface area contributed by atoms with Crippen LogP contribution < -0.4 is 15.6 Å². The van der Waals surface area contributed by atoms with Gasteiger partial charge in [0, 0.05) is 10.6 Å². The minimum Gasteiger partial charge on any atom is -0.494 e. The van der Waals surface area contributed by atoms with E-state index in [4.69, 9.17) is 4.74 Å². The van der Waals surface area contributed by atoms with Crippen LogP contribution in [0.1, 0.15) is 31.7 Å². The molecule has 3 aromatic rings. The van der Waals surface area contributed by atoms with E-state index in [1.54, 1.807) is 31.2 Å². The van der Waals surface area contributed by atoms with Crippen molar-refractivity contribution in [1.82, 2.24) is 9.55 Å². The molecule has 0 fully saturated rings. The number of carbonyl (C=O) groups is 1. The summed E-state index contributed by atoms with van der Waals surface area (Å²) in [5, 5.41) is 3.39. The number of amides is 1. The van der Waals surface area contributed by atoms with Gasteiger partial charge in [0.1, 0.15) is 16.6 Å². The minimum absolute atomic E-state index is 0.194. The zero-order valence-electron chi connectivity index (χ0n) is 15.0. The molecule has 7 heteroatoms. The van der Waals surface area contributed by atoms with Gasteiger partial charge in [0.2, 0.25) is 5.91 Å². The number of aromatic nitrogens is 2. The SMILES string of the molecule is CCOc1ccc(NC(=O)C(C)n2cnc3sc(CC)cc3c2=O)cc1. The number of aryl methyl sites for hydroxylation is 1. The molecule has 136 valence electrons. The fourth-order valence-electron chi connectivity index (χ4n) is 2.61. The van der Waals surface area contributed by atoms with Crippen molar-refractivity contribution in [3.8, 4) is 5.75 Å². The van der Waals surface area contributed by atoms with Gasteiger partial charge in [0.25, 0.3) is 5.56 Å². The van der Waals surface area contributed by atoms with Crippen molar-refractivity contribution >= 4 is 33.1 Å². The Morgan fingerprint density at radius 2 is 2.04 bits per heavy atom. The van der Waals surface area contributed by atoms with Crippen LogP contribution in [0.3, 0.4) is 0 Å². The van der Waals surface area contributed by atoms with E-state index in [0.29, 0.717) is 22.5 Å². The quantitative estimate of drug-likeness (QED) is 0.718. The number of nitrogens with one attached hydrogen (secondary N) is 1. The summed E-state index contributed by atoms with van der Waals surface area (Å²) in [4.78, 5) is 31.4. The van der Waals surface area contributed by atoms with Gasteiger partial charge in [-0.1, -0.05) is 6.92 Å². The first kappa shape index (κ1) is 18.1. The number of nitrogens with zero attached hydrogens (tertiary/aromatic N) is 2. The monoisotopic (exact) mass is 371 g/mol. The molecule has 3 rings (SSSR count). The van der Waals surface area contributed by atoms with Crippen molar-refractivity contribution in [2.75, 3.05) is 11.9 Å². The number of hydrogen-bond acceptors (Lipinski definition) is 5. The number of fused-ring (bicyclic) bond motifs is 1. The molecule has 0 aliphatic heterocycles. The molecular weight excluding hydrogens is 350 g/mol. The van der Waals surface area contributed by atoms with Gasteiger partial charge in [-0.2, -0.15) is 0 Å². The Morgan fingerprint density at radius 3 is 2.69 bits per heavy atom. The molecule has 1 N–H and O–H groups in total. The van der Waals surface area contributed by atoms with Gasteiger partial charge in [0.05, 0.1) is 18.3 Å². The molecule has 0 bridgehead atoms. The minimum atomic E-state index is -0.670. The van der Waals surface area contributed by atoms with Crippen LogP contribution in [-0.4, -0.2) is 22.1 Å². The van der Waals surface area contributed by atoms with Gasteiger partial charge < -0.3 is 10.1 Å². The van der Waals surface area contributed by atoms with Crippen LogP contribution in [0.25, 0.3) is 10.2 Å². The normalized spacial score (nSPS) is 12.1. The second-order valence-electron chi connectivity index (χ2n) is 5.86. The third-order valence-corrected chi connectivity index (χ3v) is 5.29. The van der Waals surface area contributed by atoms with Gasteiger partial charge in [-0.25, -0.2) is 4.98 Å². The summed E-state index contributed by atoms with van der Waals surface area (Å²) < 4.78 is 6.76. The van der Waals surface area contributed by atoms with Gasteiger partial charge in [0.15, 0.2) is 0 Å². The maximum absolute atomic E-state index is 12.7. The molecule has 1 aromatic carbocycles. The van der Waals surface area contributed by atoms with Crippen LogP contribution >= 0.6 is 11.3 Å². The molecule has 0 aliphatic rings. The summed E-state index contributed by atoms with van der Waals surface area (Å²) in [6.45, 7) is 6.22. The van der Waals surface area contributed by atoms with Crippen molar-refractivity contribution < 1.29 is 9.53 Å². The fourth-order valence-corrected chi connectivity index (χ4v) is 3.54. The summed E-state index contributed by atoms with van der Waals surface area (Å²) in [7, 11) is 0. The van der Waals surface area contributed by atoms with Crippen LogP contribution in [-0.2, 0) is 11.2 Å². The zero-order chi connectivity index (χ0) is 18.7. The number of thiophene rings is 1. The van der Waals surface area contributed by atoms with Crippen LogP contribution in [0.4, 0.5) is 5.69 Å². The topological polar surface area (TPSA) is 73.2 Å². The van der Waals surface area contributed by atoms with Gasteiger partial charge >= 0.3 is 0 Å². The summed E-state index contributed by atoms with van der Waals surface area (Å²) in [6.07, 6.45) is 2.30. The van der Waals surface area contributed by atoms with Crippen LogP contribution in [0.5, 0.6) is 5.75 Å². The van der Waals surface area contributed by atoms with Crippen LogP contribution in [0.15, 0.2) is 41.5 Å². The summed E-state index contributed by atoms with van der Waals surface area (Å²) >= 11 is 1.51. The molecule has 0 saturated carbocycles. The first-order valence-corrected chi connectivity index (χ1v) is 9.38. The number of ether oxygens (including phenoxy) is 1. The zero-order valence-corrected chi connectivity index (χ0v) is 15.8. The standard InChI is InChI=1S/C19H21N3O3S/c1-4-15-10-16-18(26-15)20-11-22(19(16)24)12(3)17(23)21-13-6-8-14(9-7-13)25-5-2/h6-12H,4-5H2,1-3H3,(H,21,23).